The van der Waals surface area contributed by atoms with Crippen molar-refractivity contribution in [3.05, 3.63) is 18.3 Å². The standard InChI is InChI=1S/C18H29N3O2/c1-5-18(2)10-6-7-14(11-18)13-21(17(22)23)15-8-9-16(19-12-15)20(3)4/h8-9,12,14H,5-7,10-11,13H2,1-4H3,(H,22,23). The van der Waals surface area contributed by atoms with Crippen LogP contribution in [-0.4, -0.2) is 36.8 Å². The number of carboxylic acid groups (broad SMARTS) is 1. The molecular formula is C18H29N3O2. The first-order chi connectivity index (χ1) is 10.8. The molecule has 5 heteroatoms. The lowest BCUT2D eigenvalue weighted by molar-refractivity contribution is 0.151. The van der Waals surface area contributed by atoms with Gasteiger partial charge >= 0.3 is 6.09 Å². The van der Waals surface area contributed by atoms with Crippen LogP contribution in [0.15, 0.2) is 18.3 Å². The maximum absolute atomic E-state index is 11.7. The first-order valence-electron chi connectivity index (χ1n) is 8.48. The zero-order valence-corrected chi connectivity index (χ0v) is 14.7. The van der Waals surface area contributed by atoms with Gasteiger partial charge in [-0.05, 0) is 42.7 Å². The fraction of sp³-hybridized carbons (Fsp3) is 0.667. The van der Waals surface area contributed by atoms with Crippen molar-refractivity contribution in [2.75, 3.05) is 30.4 Å². The zero-order valence-electron chi connectivity index (χ0n) is 14.7. The minimum absolute atomic E-state index is 0.361. The predicted molar refractivity (Wildman–Crippen MR) is 94.3 cm³/mol. The van der Waals surface area contributed by atoms with Gasteiger partial charge in [0, 0.05) is 20.6 Å². The molecule has 2 rings (SSSR count). The second-order valence-corrected chi connectivity index (χ2v) is 7.29. The summed E-state index contributed by atoms with van der Waals surface area (Å²) in [6.07, 6.45) is 6.60. The quantitative estimate of drug-likeness (QED) is 0.882. The van der Waals surface area contributed by atoms with Gasteiger partial charge in [-0.1, -0.05) is 26.7 Å². The molecule has 0 aliphatic heterocycles. The number of hydrogen-bond donors (Lipinski definition) is 1. The van der Waals surface area contributed by atoms with E-state index < -0.39 is 6.09 Å². The largest absolute Gasteiger partial charge is 0.465 e. The van der Waals surface area contributed by atoms with Crippen molar-refractivity contribution in [3.63, 3.8) is 0 Å². The number of anilines is 2. The number of rotatable bonds is 5. The lowest BCUT2D eigenvalue weighted by Crippen LogP contribution is -2.38. The maximum Gasteiger partial charge on any atom is 0.411 e. The minimum Gasteiger partial charge on any atom is -0.465 e. The fourth-order valence-electron chi connectivity index (χ4n) is 3.55. The van der Waals surface area contributed by atoms with Crippen molar-refractivity contribution < 1.29 is 9.90 Å². The van der Waals surface area contributed by atoms with E-state index in [2.05, 4.69) is 18.8 Å². The van der Waals surface area contributed by atoms with Crippen molar-refractivity contribution in [3.8, 4) is 0 Å². The molecule has 1 N–H and O–H groups in total. The molecule has 1 fully saturated rings. The summed E-state index contributed by atoms with van der Waals surface area (Å²) in [6.45, 7) is 5.13. The van der Waals surface area contributed by atoms with E-state index in [0.29, 0.717) is 23.6 Å². The van der Waals surface area contributed by atoms with Gasteiger partial charge in [-0.2, -0.15) is 0 Å². The zero-order chi connectivity index (χ0) is 17.0. The van der Waals surface area contributed by atoms with Gasteiger partial charge in [-0.3, -0.25) is 4.90 Å². The normalized spacial score (nSPS) is 24.3. The first kappa shape index (κ1) is 17.6. The van der Waals surface area contributed by atoms with Crippen molar-refractivity contribution >= 4 is 17.6 Å². The summed E-state index contributed by atoms with van der Waals surface area (Å²) in [4.78, 5) is 19.4. The van der Waals surface area contributed by atoms with Crippen LogP contribution in [0.3, 0.4) is 0 Å². The molecule has 23 heavy (non-hydrogen) atoms. The molecule has 1 saturated carbocycles. The molecule has 1 aromatic heterocycles. The number of carbonyl (C=O) groups is 1. The summed E-state index contributed by atoms with van der Waals surface area (Å²) in [6, 6.07) is 3.71. The summed E-state index contributed by atoms with van der Waals surface area (Å²) in [5.41, 5.74) is 1.02. The van der Waals surface area contributed by atoms with Crippen LogP contribution in [0.25, 0.3) is 0 Å². The van der Waals surface area contributed by atoms with E-state index in [0.717, 1.165) is 25.1 Å². The molecule has 1 aromatic rings. The molecule has 0 spiro atoms. The Balaban J connectivity index is 2.11. The van der Waals surface area contributed by atoms with E-state index >= 15 is 0 Å². The van der Waals surface area contributed by atoms with Crippen molar-refractivity contribution in [1.82, 2.24) is 4.98 Å². The Morgan fingerprint density at radius 3 is 2.70 bits per heavy atom. The molecule has 0 aromatic carbocycles. The molecule has 0 saturated heterocycles. The molecule has 1 aliphatic rings. The second kappa shape index (κ2) is 7.20. The van der Waals surface area contributed by atoms with Crippen LogP contribution in [0.4, 0.5) is 16.3 Å². The number of amides is 1. The molecule has 1 heterocycles. The monoisotopic (exact) mass is 319 g/mol. The predicted octanol–water partition coefficient (Wildman–Crippen LogP) is 4.24. The second-order valence-electron chi connectivity index (χ2n) is 7.29. The maximum atomic E-state index is 11.7. The van der Waals surface area contributed by atoms with E-state index in [1.165, 1.54) is 17.7 Å². The highest BCUT2D eigenvalue weighted by Crippen LogP contribution is 2.42. The van der Waals surface area contributed by atoms with Gasteiger partial charge in [0.15, 0.2) is 0 Å². The Morgan fingerprint density at radius 1 is 1.43 bits per heavy atom. The molecule has 2 atom stereocenters. The summed E-state index contributed by atoms with van der Waals surface area (Å²) >= 11 is 0. The van der Waals surface area contributed by atoms with Crippen LogP contribution < -0.4 is 9.80 Å². The molecular weight excluding hydrogens is 290 g/mol. The van der Waals surface area contributed by atoms with Crippen LogP contribution >= 0.6 is 0 Å². The minimum atomic E-state index is -0.895. The summed E-state index contributed by atoms with van der Waals surface area (Å²) in [7, 11) is 3.84. The summed E-state index contributed by atoms with van der Waals surface area (Å²) in [5.74, 6) is 1.26. The number of nitrogens with zero attached hydrogens (tertiary/aromatic N) is 3. The van der Waals surface area contributed by atoms with Gasteiger partial charge in [-0.15, -0.1) is 0 Å². The molecule has 2 unspecified atom stereocenters. The third-order valence-electron chi connectivity index (χ3n) is 5.20. The van der Waals surface area contributed by atoms with Gasteiger partial charge in [0.05, 0.1) is 11.9 Å². The smallest absolute Gasteiger partial charge is 0.411 e. The van der Waals surface area contributed by atoms with E-state index in [-0.39, 0.29) is 0 Å². The van der Waals surface area contributed by atoms with Gasteiger partial charge in [0.25, 0.3) is 0 Å². The topological polar surface area (TPSA) is 56.7 Å². The number of hydrogen-bond acceptors (Lipinski definition) is 3. The summed E-state index contributed by atoms with van der Waals surface area (Å²) in [5, 5.41) is 9.61. The fourth-order valence-corrected chi connectivity index (χ4v) is 3.55. The van der Waals surface area contributed by atoms with Gasteiger partial charge in [0.2, 0.25) is 0 Å². The summed E-state index contributed by atoms with van der Waals surface area (Å²) < 4.78 is 0. The molecule has 128 valence electrons. The Morgan fingerprint density at radius 2 is 2.17 bits per heavy atom. The Hall–Kier alpha value is -1.78. The van der Waals surface area contributed by atoms with Crippen LogP contribution in [0.2, 0.25) is 0 Å². The average Bonchev–Trinajstić information content (AvgIpc) is 2.52. The lowest BCUT2D eigenvalue weighted by Gasteiger charge is -2.39. The van der Waals surface area contributed by atoms with Crippen molar-refractivity contribution in [2.45, 2.75) is 46.0 Å². The van der Waals surface area contributed by atoms with Crippen LogP contribution in [0.1, 0.15) is 46.0 Å². The third-order valence-corrected chi connectivity index (χ3v) is 5.20. The van der Waals surface area contributed by atoms with Crippen LogP contribution in [-0.2, 0) is 0 Å². The first-order valence-corrected chi connectivity index (χ1v) is 8.48. The lowest BCUT2D eigenvalue weighted by atomic mass is 9.69. The highest BCUT2D eigenvalue weighted by Gasteiger charge is 2.32. The average molecular weight is 319 g/mol. The highest BCUT2D eigenvalue weighted by molar-refractivity contribution is 5.85. The third kappa shape index (κ3) is 4.36. The highest BCUT2D eigenvalue weighted by atomic mass is 16.4. The molecule has 0 bridgehead atoms. The SMILES string of the molecule is CCC1(C)CCCC(CN(C(=O)O)c2ccc(N(C)C)nc2)C1. The Labute approximate surface area is 139 Å². The van der Waals surface area contributed by atoms with Crippen LogP contribution in [0, 0.1) is 11.3 Å². The van der Waals surface area contributed by atoms with E-state index in [9.17, 15) is 9.90 Å². The van der Waals surface area contributed by atoms with Crippen molar-refractivity contribution in [2.24, 2.45) is 11.3 Å². The van der Waals surface area contributed by atoms with E-state index in [4.69, 9.17) is 0 Å². The molecule has 5 nitrogen and oxygen atoms in total. The van der Waals surface area contributed by atoms with E-state index in [1.807, 2.05) is 31.1 Å². The van der Waals surface area contributed by atoms with Gasteiger partial charge < -0.3 is 10.0 Å². The Kier molecular flexibility index (Phi) is 5.50. The molecule has 0 radical (unpaired) electrons. The molecule has 1 aliphatic carbocycles. The number of pyridine rings is 1. The van der Waals surface area contributed by atoms with Gasteiger partial charge in [0.1, 0.15) is 5.82 Å². The Bertz CT molecular complexity index is 530. The van der Waals surface area contributed by atoms with Gasteiger partial charge in [-0.25, -0.2) is 9.78 Å². The van der Waals surface area contributed by atoms with E-state index in [1.54, 1.807) is 6.20 Å². The molecule has 1 amide bonds. The number of aromatic nitrogens is 1. The van der Waals surface area contributed by atoms with Crippen LogP contribution in [0.5, 0.6) is 0 Å². The van der Waals surface area contributed by atoms with Crippen molar-refractivity contribution in [1.29, 1.82) is 0 Å².